The van der Waals surface area contributed by atoms with E-state index in [2.05, 4.69) is 20.4 Å². The Bertz CT molecular complexity index is 1500. The van der Waals surface area contributed by atoms with E-state index in [1.54, 1.807) is 0 Å². The Kier molecular flexibility index (Phi) is 18.0. The molecule has 2 amide bonds. The maximum absolute atomic E-state index is 12.9. The van der Waals surface area contributed by atoms with E-state index in [9.17, 15) is 9.59 Å². The second-order valence-electron chi connectivity index (χ2n) is 16.2. The van der Waals surface area contributed by atoms with E-state index in [0.29, 0.717) is 0 Å². The topological polar surface area (TPSA) is 83.1 Å². The predicted octanol–water partition coefficient (Wildman–Crippen LogP) is 10.8. The van der Waals surface area contributed by atoms with Crippen molar-refractivity contribution in [2.75, 3.05) is 39.3 Å². The lowest BCUT2D eigenvalue weighted by atomic mass is 9.99. The van der Waals surface area contributed by atoms with Crippen LogP contribution in [0, 0.1) is 0 Å². The number of hydrogen-bond donors (Lipinski definition) is 2. The smallest absolute Gasteiger partial charge is 0.408 e. The Hall–Kier alpha value is -4.66. The molecule has 4 aromatic rings. The SMILES string of the molecule is O=C(NC(c1ccccc1)c1ccccc1)OC1CCN(CCCCCCCCCCCCN2CCC(OC(=O)NC(c3ccccc3)c3ccccc3)CC2)CC1. The van der Waals surface area contributed by atoms with Gasteiger partial charge in [0.1, 0.15) is 12.2 Å². The van der Waals surface area contributed by atoms with Gasteiger partial charge in [0, 0.05) is 26.2 Å². The second kappa shape index (κ2) is 24.3. The second-order valence-corrected chi connectivity index (χ2v) is 16.2. The molecular formula is C50H66N4O4. The average molecular weight is 787 g/mol. The van der Waals surface area contributed by atoms with Gasteiger partial charge in [-0.3, -0.25) is 0 Å². The number of piperidine rings is 2. The maximum atomic E-state index is 12.9. The van der Waals surface area contributed by atoms with Crippen molar-refractivity contribution in [2.45, 2.75) is 114 Å². The van der Waals surface area contributed by atoms with Crippen molar-refractivity contribution in [3.8, 4) is 0 Å². The van der Waals surface area contributed by atoms with Gasteiger partial charge in [0.2, 0.25) is 0 Å². The van der Waals surface area contributed by atoms with Gasteiger partial charge in [-0.25, -0.2) is 9.59 Å². The fraction of sp³-hybridized carbons (Fsp3) is 0.480. The van der Waals surface area contributed by atoms with Crippen LogP contribution in [0.15, 0.2) is 121 Å². The number of nitrogens with one attached hydrogen (secondary N) is 2. The minimum atomic E-state index is -0.337. The fourth-order valence-corrected chi connectivity index (χ4v) is 8.49. The van der Waals surface area contributed by atoms with Crippen molar-refractivity contribution < 1.29 is 19.1 Å². The van der Waals surface area contributed by atoms with Gasteiger partial charge >= 0.3 is 12.2 Å². The van der Waals surface area contributed by atoms with Crippen LogP contribution in [0.4, 0.5) is 9.59 Å². The fourth-order valence-electron chi connectivity index (χ4n) is 8.49. The highest BCUT2D eigenvalue weighted by atomic mass is 16.6. The number of alkyl carbamates (subject to hydrolysis) is 2. The number of rotatable bonds is 21. The van der Waals surface area contributed by atoms with E-state index in [-0.39, 0.29) is 36.5 Å². The van der Waals surface area contributed by atoms with Crippen molar-refractivity contribution in [3.05, 3.63) is 144 Å². The first-order chi connectivity index (χ1) is 28.6. The number of benzene rings is 4. The van der Waals surface area contributed by atoms with Gasteiger partial charge in [0.25, 0.3) is 0 Å². The summed E-state index contributed by atoms with van der Waals surface area (Å²) in [6.07, 6.45) is 16.0. The molecule has 8 heteroatoms. The van der Waals surface area contributed by atoms with Crippen LogP contribution in [-0.2, 0) is 9.47 Å². The van der Waals surface area contributed by atoms with Gasteiger partial charge in [0.15, 0.2) is 0 Å². The molecule has 0 aliphatic carbocycles. The highest BCUT2D eigenvalue weighted by Gasteiger charge is 2.26. The zero-order valence-corrected chi connectivity index (χ0v) is 34.5. The summed E-state index contributed by atoms with van der Waals surface area (Å²) in [6.45, 7) is 6.27. The van der Waals surface area contributed by atoms with Gasteiger partial charge in [-0.2, -0.15) is 0 Å². The normalized spacial score (nSPS) is 15.7. The Labute approximate surface area is 347 Å². The summed E-state index contributed by atoms with van der Waals surface area (Å²) in [7, 11) is 0. The number of carbonyl (C=O) groups excluding carboxylic acids is 2. The van der Waals surface area contributed by atoms with Crippen LogP contribution in [0.2, 0.25) is 0 Å². The van der Waals surface area contributed by atoms with Crippen LogP contribution < -0.4 is 10.6 Å². The lowest BCUT2D eigenvalue weighted by Gasteiger charge is -2.32. The number of nitrogens with zero attached hydrogens (tertiary/aromatic N) is 2. The van der Waals surface area contributed by atoms with Crippen LogP contribution in [-0.4, -0.2) is 73.5 Å². The van der Waals surface area contributed by atoms with E-state index in [0.717, 1.165) is 87.2 Å². The molecule has 4 aromatic carbocycles. The maximum Gasteiger partial charge on any atom is 0.408 e. The van der Waals surface area contributed by atoms with E-state index in [1.807, 2.05) is 121 Å². The van der Waals surface area contributed by atoms with Crippen LogP contribution in [0.25, 0.3) is 0 Å². The highest BCUT2D eigenvalue weighted by molar-refractivity contribution is 5.69. The molecule has 2 aliphatic heterocycles. The third-order valence-electron chi connectivity index (χ3n) is 11.9. The molecule has 2 N–H and O–H groups in total. The number of amides is 2. The van der Waals surface area contributed by atoms with Crippen molar-refractivity contribution in [1.29, 1.82) is 0 Å². The molecule has 58 heavy (non-hydrogen) atoms. The molecule has 310 valence electrons. The first-order valence-electron chi connectivity index (χ1n) is 22.2. The quantitative estimate of drug-likeness (QED) is 0.0819. The van der Waals surface area contributed by atoms with Gasteiger partial charge in [-0.05, 0) is 73.9 Å². The monoisotopic (exact) mass is 787 g/mol. The molecule has 0 atom stereocenters. The third kappa shape index (κ3) is 14.6. The molecule has 0 spiro atoms. The standard InChI is InChI=1S/C50H66N4O4/c55-49(51-47(41-23-13-9-14-24-41)42-25-15-10-16-26-42)57-45-31-37-53(38-32-45)35-21-7-5-3-1-2-4-6-8-22-36-54-39-33-46(34-40-54)58-50(56)52-48(43-27-17-11-18-28-43)44-29-19-12-20-30-44/h9-20,23-30,45-48H,1-8,21-22,31-40H2,(H,51,55)(H,52,56). The first-order valence-corrected chi connectivity index (χ1v) is 22.2. The lowest BCUT2D eigenvalue weighted by molar-refractivity contribution is 0.0486. The molecular weight excluding hydrogens is 721 g/mol. The van der Waals surface area contributed by atoms with Gasteiger partial charge in [-0.1, -0.05) is 173 Å². The summed E-state index contributed by atoms with van der Waals surface area (Å²) in [4.78, 5) is 31.0. The number of carbonyl (C=O) groups is 2. The minimum Gasteiger partial charge on any atom is -0.446 e. The molecule has 2 saturated heterocycles. The van der Waals surface area contributed by atoms with Crippen LogP contribution in [0.5, 0.6) is 0 Å². The van der Waals surface area contributed by atoms with Crippen molar-refractivity contribution in [1.82, 2.24) is 20.4 Å². The minimum absolute atomic E-state index is 0.0255. The number of likely N-dealkylation sites (tertiary alicyclic amines) is 2. The lowest BCUT2D eigenvalue weighted by Crippen LogP contribution is -2.40. The molecule has 0 aromatic heterocycles. The molecule has 0 unspecified atom stereocenters. The molecule has 8 nitrogen and oxygen atoms in total. The number of unbranched alkanes of at least 4 members (excludes halogenated alkanes) is 9. The molecule has 2 heterocycles. The highest BCUT2D eigenvalue weighted by Crippen LogP contribution is 2.25. The molecule has 0 radical (unpaired) electrons. The van der Waals surface area contributed by atoms with Crippen LogP contribution in [0.1, 0.15) is 124 Å². The van der Waals surface area contributed by atoms with Crippen molar-refractivity contribution >= 4 is 12.2 Å². The third-order valence-corrected chi connectivity index (χ3v) is 11.9. The summed E-state index contributed by atoms with van der Waals surface area (Å²) >= 11 is 0. The van der Waals surface area contributed by atoms with E-state index < -0.39 is 0 Å². The molecule has 2 fully saturated rings. The van der Waals surface area contributed by atoms with Crippen LogP contribution >= 0.6 is 0 Å². The van der Waals surface area contributed by atoms with E-state index in [4.69, 9.17) is 9.47 Å². The molecule has 6 rings (SSSR count). The van der Waals surface area contributed by atoms with E-state index >= 15 is 0 Å². The average Bonchev–Trinajstić information content (AvgIpc) is 3.27. The predicted molar refractivity (Wildman–Crippen MR) is 234 cm³/mol. The first kappa shape index (κ1) is 42.9. The van der Waals surface area contributed by atoms with Gasteiger partial charge in [-0.15, -0.1) is 0 Å². The summed E-state index contributed by atoms with van der Waals surface area (Å²) in [5, 5.41) is 6.24. The van der Waals surface area contributed by atoms with Crippen molar-refractivity contribution in [3.63, 3.8) is 0 Å². The Balaban J connectivity index is 0.730. The zero-order chi connectivity index (χ0) is 40.0. The largest absolute Gasteiger partial charge is 0.446 e. The van der Waals surface area contributed by atoms with Crippen LogP contribution in [0.3, 0.4) is 0 Å². The van der Waals surface area contributed by atoms with Gasteiger partial charge < -0.3 is 29.9 Å². The number of hydrogen-bond acceptors (Lipinski definition) is 6. The zero-order valence-electron chi connectivity index (χ0n) is 34.5. The Morgan fingerprint density at radius 3 is 0.966 bits per heavy atom. The summed E-state index contributed by atoms with van der Waals surface area (Å²) in [6, 6.07) is 39.9. The molecule has 2 aliphatic rings. The summed E-state index contributed by atoms with van der Waals surface area (Å²) in [5.74, 6) is 0. The van der Waals surface area contributed by atoms with Gasteiger partial charge in [0.05, 0.1) is 12.1 Å². The summed E-state index contributed by atoms with van der Waals surface area (Å²) in [5.41, 5.74) is 4.18. The van der Waals surface area contributed by atoms with E-state index in [1.165, 1.54) is 64.2 Å². The summed E-state index contributed by atoms with van der Waals surface area (Å²) < 4.78 is 11.8. The Morgan fingerprint density at radius 1 is 0.431 bits per heavy atom. The van der Waals surface area contributed by atoms with Crippen molar-refractivity contribution in [2.24, 2.45) is 0 Å². The molecule has 0 bridgehead atoms. The Morgan fingerprint density at radius 2 is 0.690 bits per heavy atom. The molecule has 0 saturated carbocycles. The number of ether oxygens (including phenoxy) is 2.